The molecular weight excluding hydrogens is 370 g/mol. The lowest BCUT2D eigenvalue weighted by Gasteiger charge is -2.29. The molecule has 1 aliphatic carbocycles. The summed E-state index contributed by atoms with van der Waals surface area (Å²) in [5.41, 5.74) is 4.19. The van der Waals surface area contributed by atoms with Gasteiger partial charge in [-0.25, -0.2) is 0 Å². The van der Waals surface area contributed by atoms with Crippen LogP contribution in [0.4, 0.5) is 0 Å². The zero-order valence-corrected chi connectivity index (χ0v) is 17.5. The molecule has 0 radical (unpaired) electrons. The molecule has 0 spiro atoms. The van der Waals surface area contributed by atoms with E-state index in [0.717, 1.165) is 32.4 Å². The van der Waals surface area contributed by atoms with E-state index in [1.54, 1.807) is 7.05 Å². The molecule has 30 heavy (non-hydrogen) atoms. The molecule has 0 unspecified atom stereocenters. The fourth-order valence-electron chi connectivity index (χ4n) is 5.31. The van der Waals surface area contributed by atoms with E-state index in [0.29, 0.717) is 12.1 Å². The Balaban J connectivity index is 1.30. The number of amides is 1. The molecule has 0 aromatic heterocycles. The predicted molar refractivity (Wildman–Crippen MR) is 121 cm³/mol. The molecule has 2 atom stereocenters. The van der Waals surface area contributed by atoms with Gasteiger partial charge in [-0.2, -0.15) is 0 Å². The molecule has 4 nitrogen and oxygen atoms in total. The number of nitrogens with zero attached hydrogens (tertiary/aromatic N) is 1. The Labute approximate surface area is 178 Å². The van der Waals surface area contributed by atoms with Crippen LogP contribution < -0.4 is 10.6 Å². The van der Waals surface area contributed by atoms with E-state index in [2.05, 4.69) is 82.3 Å². The average Bonchev–Trinajstić information content (AvgIpc) is 3.41. The van der Waals surface area contributed by atoms with Crippen molar-refractivity contribution >= 4 is 16.7 Å². The first kappa shape index (κ1) is 19.3. The molecule has 154 valence electrons. The molecule has 5 rings (SSSR count). The second-order valence-corrected chi connectivity index (χ2v) is 8.61. The van der Waals surface area contributed by atoms with Crippen LogP contribution in [0.1, 0.15) is 23.1 Å². The maximum Gasteiger partial charge on any atom is 0.237 e. The van der Waals surface area contributed by atoms with Crippen molar-refractivity contribution in [3.63, 3.8) is 0 Å². The normalized spacial score (nSPS) is 21.8. The minimum absolute atomic E-state index is 0.0562. The van der Waals surface area contributed by atoms with E-state index >= 15 is 0 Å². The summed E-state index contributed by atoms with van der Waals surface area (Å²) >= 11 is 0. The number of rotatable bonds is 5. The van der Waals surface area contributed by atoms with E-state index in [1.807, 2.05) is 0 Å². The average molecular weight is 400 g/mol. The predicted octanol–water partition coefficient (Wildman–Crippen LogP) is 3.29. The summed E-state index contributed by atoms with van der Waals surface area (Å²) in [5, 5.41) is 9.22. The number of carbonyl (C=O) groups excluding carboxylic acids is 1. The summed E-state index contributed by atoms with van der Waals surface area (Å²) < 4.78 is 0. The van der Waals surface area contributed by atoms with Crippen LogP contribution in [-0.4, -0.2) is 42.5 Å². The molecule has 4 heteroatoms. The molecule has 0 saturated carbocycles. The summed E-state index contributed by atoms with van der Waals surface area (Å²) in [7, 11) is 1.75. The largest absolute Gasteiger partial charge is 0.358 e. The van der Waals surface area contributed by atoms with Gasteiger partial charge in [0.05, 0.1) is 6.04 Å². The zero-order chi connectivity index (χ0) is 20.5. The minimum atomic E-state index is -0.0562. The Bertz CT molecular complexity index is 1030. The topological polar surface area (TPSA) is 44.4 Å². The van der Waals surface area contributed by atoms with Crippen LogP contribution >= 0.6 is 0 Å². The molecule has 1 saturated heterocycles. The highest BCUT2D eigenvalue weighted by atomic mass is 16.2. The summed E-state index contributed by atoms with van der Waals surface area (Å²) in [6.07, 6.45) is 2.94. The van der Waals surface area contributed by atoms with Crippen LogP contribution in [0, 0.1) is 0 Å². The van der Waals surface area contributed by atoms with Crippen LogP contribution in [0.25, 0.3) is 10.8 Å². The maximum absolute atomic E-state index is 12.7. The van der Waals surface area contributed by atoms with Crippen molar-refractivity contribution in [2.24, 2.45) is 0 Å². The number of nitrogens with one attached hydrogen (secondary N) is 2. The SMILES string of the molecule is CNC(=O)[C@@H]1C[C@@H](NCc2cccc3ccccc23)CN1C1Cc2ccccc2C1. The van der Waals surface area contributed by atoms with Crippen LogP contribution in [0.3, 0.4) is 0 Å². The Kier molecular flexibility index (Phi) is 5.28. The second kappa shape index (κ2) is 8.21. The van der Waals surface area contributed by atoms with Gasteiger partial charge in [0.2, 0.25) is 5.91 Å². The fraction of sp³-hybridized carbons (Fsp3) is 0.346. The second-order valence-electron chi connectivity index (χ2n) is 8.61. The highest BCUT2D eigenvalue weighted by molar-refractivity contribution is 5.85. The molecule has 1 fully saturated rings. The minimum Gasteiger partial charge on any atom is -0.358 e. The highest BCUT2D eigenvalue weighted by Crippen LogP contribution is 2.31. The molecule has 0 bridgehead atoms. The van der Waals surface area contributed by atoms with Crippen molar-refractivity contribution in [2.75, 3.05) is 13.6 Å². The van der Waals surface area contributed by atoms with Crippen molar-refractivity contribution in [1.82, 2.24) is 15.5 Å². The molecule has 3 aromatic rings. The monoisotopic (exact) mass is 399 g/mol. The number of likely N-dealkylation sites (N-methyl/N-ethyl adjacent to an activating group) is 1. The standard InChI is InChI=1S/C26H29N3O/c1-27-26(30)25-15-22(17-29(25)23-13-19-8-2-3-9-20(19)14-23)28-16-21-11-6-10-18-7-4-5-12-24(18)21/h2-12,22-23,25,28H,13-17H2,1H3,(H,27,30)/t22-,25+/m1/s1. The van der Waals surface area contributed by atoms with E-state index in [9.17, 15) is 4.79 Å². The van der Waals surface area contributed by atoms with Crippen molar-refractivity contribution in [2.45, 2.75) is 43.9 Å². The van der Waals surface area contributed by atoms with Gasteiger partial charge in [0.15, 0.2) is 0 Å². The lowest BCUT2D eigenvalue weighted by Crippen LogP contribution is -2.47. The quantitative estimate of drug-likeness (QED) is 0.692. The molecule has 2 aliphatic rings. The van der Waals surface area contributed by atoms with Gasteiger partial charge >= 0.3 is 0 Å². The lowest BCUT2D eigenvalue weighted by molar-refractivity contribution is -0.125. The van der Waals surface area contributed by atoms with Gasteiger partial charge in [-0.05, 0) is 46.7 Å². The first-order valence-electron chi connectivity index (χ1n) is 11.0. The molecule has 2 N–H and O–H groups in total. The van der Waals surface area contributed by atoms with Gasteiger partial charge in [0.1, 0.15) is 0 Å². The zero-order valence-electron chi connectivity index (χ0n) is 17.5. The van der Waals surface area contributed by atoms with Gasteiger partial charge in [-0.1, -0.05) is 66.7 Å². The van der Waals surface area contributed by atoms with Crippen LogP contribution in [0.5, 0.6) is 0 Å². The number of carbonyl (C=O) groups is 1. The smallest absolute Gasteiger partial charge is 0.237 e. The molecule has 3 aromatic carbocycles. The maximum atomic E-state index is 12.7. The molecule has 1 heterocycles. The summed E-state index contributed by atoms with van der Waals surface area (Å²) in [6.45, 7) is 1.74. The van der Waals surface area contributed by atoms with E-state index < -0.39 is 0 Å². The Morgan fingerprint density at radius 3 is 2.43 bits per heavy atom. The van der Waals surface area contributed by atoms with Gasteiger partial charge in [0, 0.05) is 32.2 Å². The van der Waals surface area contributed by atoms with E-state index in [4.69, 9.17) is 0 Å². The Hall–Kier alpha value is -2.69. The lowest BCUT2D eigenvalue weighted by atomic mass is 10.0. The summed E-state index contributed by atoms with van der Waals surface area (Å²) in [6, 6.07) is 24.4. The fourth-order valence-corrected chi connectivity index (χ4v) is 5.31. The molecule has 1 amide bonds. The van der Waals surface area contributed by atoms with Crippen molar-refractivity contribution in [1.29, 1.82) is 0 Å². The third kappa shape index (κ3) is 3.62. The third-order valence-electron chi connectivity index (χ3n) is 6.85. The van der Waals surface area contributed by atoms with Crippen LogP contribution in [0.15, 0.2) is 66.7 Å². The Morgan fingerprint density at radius 1 is 0.967 bits per heavy atom. The van der Waals surface area contributed by atoms with E-state index in [-0.39, 0.29) is 11.9 Å². The first-order chi connectivity index (χ1) is 14.7. The van der Waals surface area contributed by atoms with Gasteiger partial charge < -0.3 is 10.6 Å². The summed E-state index contributed by atoms with van der Waals surface area (Å²) in [4.78, 5) is 15.1. The third-order valence-corrected chi connectivity index (χ3v) is 6.85. The molecule has 1 aliphatic heterocycles. The van der Waals surface area contributed by atoms with Crippen LogP contribution in [-0.2, 0) is 24.2 Å². The van der Waals surface area contributed by atoms with Gasteiger partial charge in [-0.15, -0.1) is 0 Å². The number of fused-ring (bicyclic) bond motifs is 2. The molecular formula is C26H29N3O. The van der Waals surface area contributed by atoms with Crippen molar-refractivity contribution in [3.05, 3.63) is 83.4 Å². The Morgan fingerprint density at radius 2 is 1.67 bits per heavy atom. The summed E-state index contributed by atoms with van der Waals surface area (Å²) in [5.74, 6) is 0.139. The first-order valence-corrected chi connectivity index (χ1v) is 11.0. The van der Waals surface area contributed by atoms with E-state index in [1.165, 1.54) is 27.5 Å². The van der Waals surface area contributed by atoms with Gasteiger partial charge in [-0.3, -0.25) is 9.69 Å². The number of hydrogen-bond donors (Lipinski definition) is 2. The van der Waals surface area contributed by atoms with Crippen LogP contribution in [0.2, 0.25) is 0 Å². The number of benzene rings is 3. The highest BCUT2D eigenvalue weighted by Gasteiger charge is 2.41. The van der Waals surface area contributed by atoms with Crippen molar-refractivity contribution < 1.29 is 4.79 Å². The van der Waals surface area contributed by atoms with Gasteiger partial charge in [0.25, 0.3) is 0 Å². The number of likely N-dealkylation sites (tertiary alicyclic amines) is 1. The van der Waals surface area contributed by atoms with Crippen molar-refractivity contribution in [3.8, 4) is 0 Å². The number of hydrogen-bond acceptors (Lipinski definition) is 3.